The van der Waals surface area contributed by atoms with Gasteiger partial charge < -0.3 is 14.8 Å². The Balaban J connectivity index is 1.84. The van der Waals surface area contributed by atoms with Crippen LogP contribution in [0.5, 0.6) is 11.5 Å². The molecule has 162 valence electrons. The molecule has 0 bridgehead atoms. The molecule has 0 fully saturated rings. The minimum Gasteiger partial charge on any atom is -0.490 e. The summed E-state index contributed by atoms with van der Waals surface area (Å²) in [6, 6.07) is 22.1. The number of rotatable bonds is 8. The van der Waals surface area contributed by atoms with Gasteiger partial charge in [-0.15, -0.1) is 0 Å². The van der Waals surface area contributed by atoms with Crippen LogP contribution in [-0.4, -0.2) is 12.5 Å². The van der Waals surface area contributed by atoms with Gasteiger partial charge in [-0.05, 0) is 77.0 Å². The van der Waals surface area contributed by atoms with E-state index < -0.39 is 5.91 Å². The van der Waals surface area contributed by atoms with Crippen molar-refractivity contribution in [3.05, 3.63) is 92.0 Å². The van der Waals surface area contributed by atoms with Crippen molar-refractivity contribution in [2.24, 2.45) is 0 Å². The molecule has 0 aliphatic heterocycles. The van der Waals surface area contributed by atoms with Gasteiger partial charge >= 0.3 is 0 Å². The summed E-state index contributed by atoms with van der Waals surface area (Å²) in [6.07, 6.45) is 1.52. The second-order valence-corrected chi connectivity index (χ2v) is 8.27. The summed E-state index contributed by atoms with van der Waals surface area (Å²) in [5, 5.41) is 12.7. The first-order valence-electron chi connectivity index (χ1n) is 9.82. The number of nitrogens with zero attached hydrogens (tertiary/aromatic N) is 1. The van der Waals surface area contributed by atoms with Gasteiger partial charge in [-0.25, -0.2) is 0 Å². The lowest BCUT2D eigenvalue weighted by atomic mass is 10.1. The van der Waals surface area contributed by atoms with Crippen molar-refractivity contribution >= 4 is 51.9 Å². The molecule has 0 atom stereocenters. The predicted molar refractivity (Wildman–Crippen MR) is 135 cm³/mol. The van der Waals surface area contributed by atoms with Crippen LogP contribution in [0.15, 0.2) is 72.3 Å². The quantitative estimate of drug-likeness (QED) is 0.195. The normalized spacial score (nSPS) is 10.9. The third-order valence-corrected chi connectivity index (χ3v) is 5.35. The summed E-state index contributed by atoms with van der Waals surface area (Å²) in [5.41, 5.74) is 2.17. The minimum atomic E-state index is -0.521. The Morgan fingerprint density at radius 1 is 1.12 bits per heavy atom. The molecule has 5 nitrogen and oxygen atoms in total. The van der Waals surface area contributed by atoms with Crippen molar-refractivity contribution in [3.8, 4) is 17.6 Å². The Kier molecular flexibility index (Phi) is 8.54. The maximum atomic E-state index is 12.6. The zero-order valence-electron chi connectivity index (χ0n) is 17.3. The van der Waals surface area contributed by atoms with Crippen molar-refractivity contribution < 1.29 is 14.3 Å². The SMILES string of the molecule is CCOc1cc(/C=C(\C#N)C(=O)Nc2cccc(Cl)c2)cc(I)c1OCc1ccccc1. The highest BCUT2D eigenvalue weighted by Gasteiger charge is 2.15. The van der Waals surface area contributed by atoms with E-state index in [4.69, 9.17) is 21.1 Å². The average molecular weight is 559 g/mol. The van der Waals surface area contributed by atoms with Crippen molar-refractivity contribution in [2.75, 3.05) is 11.9 Å². The molecule has 32 heavy (non-hydrogen) atoms. The van der Waals surface area contributed by atoms with Crippen LogP contribution >= 0.6 is 34.2 Å². The predicted octanol–water partition coefficient (Wildman–Crippen LogP) is 6.47. The highest BCUT2D eigenvalue weighted by atomic mass is 127. The molecule has 0 spiro atoms. The Labute approximate surface area is 205 Å². The summed E-state index contributed by atoms with van der Waals surface area (Å²) in [7, 11) is 0. The lowest BCUT2D eigenvalue weighted by molar-refractivity contribution is -0.112. The minimum absolute atomic E-state index is 0.0406. The number of amides is 1. The Bertz CT molecular complexity index is 1170. The first kappa shape index (κ1) is 23.6. The molecule has 3 rings (SSSR count). The molecule has 0 radical (unpaired) electrons. The third-order valence-electron chi connectivity index (χ3n) is 4.32. The number of carbonyl (C=O) groups is 1. The van der Waals surface area contributed by atoms with Gasteiger partial charge in [-0.2, -0.15) is 5.26 Å². The highest BCUT2D eigenvalue weighted by Crippen LogP contribution is 2.35. The van der Waals surface area contributed by atoms with E-state index in [1.54, 1.807) is 30.3 Å². The van der Waals surface area contributed by atoms with Gasteiger partial charge in [0, 0.05) is 10.7 Å². The summed E-state index contributed by atoms with van der Waals surface area (Å²) in [6.45, 7) is 2.73. The van der Waals surface area contributed by atoms with Crippen molar-refractivity contribution in [1.82, 2.24) is 0 Å². The lowest BCUT2D eigenvalue weighted by Gasteiger charge is -2.15. The van der Waals surface area contributed by atoms with Gasteiger partial charge in [-0.1, -0.05) is 48.0 Å². The topological polar surface area (TPSA) is 71.3 Å². The summed E-state index contributed by atoms with van der Waals surface area (Å²) < 4.78 is 12.6. The number of hydrogen-bond acceptors (Lipinski definition) is 4. The van der Waals surface area contributed by atoms with Crippen molar-refractivity contribution in [2.45, 2.75) is 13.5 Å². The molecule has 0 aromatic heterocycles. The molecule has 0 unspecified atom stereocenters. The van der Waals surface area contributed by atoms with Crippen molar-refractivity contribution in [3.63, 3.8) is 0 Å². The molecule has 0 heterocycles. The number of hydrogen-bond donors (Lipinski definition) is 1. The zero-order chi connectivity index (χ0) is 22.9. The molecule has 3 aromatic carbocycles. The maximum Gasteiger partial charge on any atom is 0.266 e. The molecule has 3 aromatic rings. The summed E-state index contributed by atoms with van der Waals surface area (Å²) in [4.78, 5) is 12.6. The molecule has 0 saturated carbocycles. The number of anilines is 1. The maximum absolute atomic E-state index is 12.6. The Hall–Kier alpha value is -3.02. The van der Waals surface area contributed by atoms with Crippen LogP contribution in [0.25, 0.3) is 6.08 Å². The highest BCUT2D eigenvalue weighted by molar-refractivity contribution is 14.1. The van der Waals surface area contributed by atoms with Gasteiger partial charge in [0.25, 0.3) is 5.91 Å². The largest absolute Gasteiger partial charge is 0.490 e. The molecule has 1 N–H and O–H groups in total. The van der Waals surface area contributed by atoms with E-state index in [9.17, 15) is 10.1 Å². The summed E-state index contributed by atoms with van der Waals surface area (Å²) >= 11 is 8.12. The second kappa shape index (κ2) is 11.6. The monoisotopic (exact) mass is 558 g/mol. The fraction of sp³-hybridized carbons (Fsp3) is 0.120. The lowest BCUT2D eigenvalue weighted by Crippen LogP contribution is -2.13. The first-order chi connectivity index (χ1) is 15.5. The molecule has 0 saturated heterocycles. The van der Waals surface area contributed by atoms with Crippen LogP contribution in [-0.2, 0) is 11.4 Å². The van der Waals surface area contributed by atoms with E-state index in [1.165, 1.54) is 6.08 Å². The number of carbonyl (C=O) groups excluding carboxylic acids is 1. The van der Waals surface area contributed by atoms with Gasteiger partial charge in [-0.3, -0.25) is 4.79 Å². The van der Waals surface area contributed by atoms with E-state index in [0.717, 1.165) is 9.13 Å². The Morgan fingerprint density at radius 2 is 1.91 bits per heavy atom. The average Bonchev–Trinajstić information content (AvgIpc) is 2.77. The fourth-order valence-electron chi connectivity index (χ4n) is 2.88. The summed E-state index contributed by atoms with van der Waals surface area (Å²) in [5.74, 6) is 0.650. The molecule has 1 amide bonds. The molecule has 7 heteroatoms. The van der Waals surface area contributed by atoms with Gasteiger partial charge in [0.15, 0.2) is 11.5 Å². The molecular formula is C25H20ClIN2O3. The Morgan fingerprint density at radius 3 is 2.59 bits per heavy atom. The van der Waals surface area contributed by atoms with E-state index in [0.29, 0.717) is 41.0 Å². The van der Waals surface area contributed by atoms with Crippen LogP contribution in [0.4, 0.5) is 5.69 Å². The second-order valence-electron chi connectivity index (χ2n) is 6.67. The smallest absolute Gasteiger partial charge is 0.266 e. The van der Waals surface area contributed by atoms with E-state index in [2.05, 4.69) is 27.9 Å². The van der Waals surface area contributed by atoms with Gasteiger partial charge in [0.05, 0.1) is 10.2 Å². The number of nitrogens with one attached hydrogen (secondary N) is 1. The standard InChI is InChI=1S/C25H20ClIN2O3/c1-2-31-23-13-18(12-22(27)24(23)32-16-17-7-4-3-5-8-17)11-19(15-28)25(30)29-21-10-6-9-20(26)14-21/h3-14H,2,16H2,1H3,(H,29,30)/b19-11+. The zero-order valence-corrected chi connectivity index (χ0v) is 20.2. The molecule has 0 aliphatic rings. The van der Waals surface area contributed by atoms with E-state index >= 15 is 0 Å². The van der Waals surface area contributed by atoms with Gasteiger partial charge in [0.2, 0.25) is 0 Å². The van der Waals surface area contributed by atoms with Crippen molar-refractivity contribution in [1.29, 1.82) is 5.26 Å². The molecule has 0 aliphatic carbocycles. The van der Waals surface area contributed by atoms with Crippen LogP contribution in [0, 0.1) is 14.9 Å². The van der Waals surface area contributed by atoms with Crippen LogP contribution < -0.4 is 14.8 Å². The number of ether oxygens (including phenoxy) is 2. The number of halogens is 2. The van der Waals surface area contributed by atoms with E-state index in [-0.39, 0.29) is 5.57 Å². The van der Waals surface area contributed by atoms with Crippen LogP contribution in [0.1, 0.15) is 18.1 Å². The first-order valence-corrected chi connectivity index (χ1v) is 11.3. The fourth-order valence-corrected chi connectivity index (χ4v) is 3.86. The van der Waals surface area contributed by atoms with E-state index in [1.807, 2.05) is 49.4 Å². The number of nitriles is 1. The number of benzene rings is 3. The molecular weight excluding hydrogens is 539 g/mol. The third kappa shape index (κ3) is 6.49. The van der Waals surface area contributed by atoms with Crippen LogP contribution in [0.3, 0.4) is 0 Å². The van der Waals surface area contributed by atoms with Crippen LogP contribution in [0.2, 0.25) is 5.02 Å². The van der Waals surface area contributed by atoms with Gasteiger partial charge in [0.1, 0.15) is 18.2 Å².